The van der Waals surface area contributed by atoms with Crippen LogP contribution in [-0.2, 0) is 4.79 Å². The van der Waals surface area contributed by atoms with E-state index in [1.807, 2.05) is 42.5 Å². The second-order valence-corrected chi connectivity index (χ2v) is 6.36. The predicted octanol–water partition coefficient (Wildman–Crippen LogP) is 3.32. The van der Waals surface area contributed by atoms with Crippen LogP contribution in [0.15, 0.2) is 75.9 Å². The summed E-state index contributed by atoms with van der Waals surface area (Å²) in [5.74, 6) is -0.00571. The van der Waals surface area contributed by atoms with E-state index in [0.717, 1.165) is 21.1 Å². The normalized spacial score (nSPS) is 18.7. The standard InChI is InChI=1S/C18H13N3O2S/c22-15-7-3-4-8-16(15)24-17-9-14(12-10-19-21-18(12)23)20-13-6-2-1-5-11(13)17/h1-10,20,22H,(H,21,23). The van der Waals surface area contributed by atoms with E-state index in [2.05, 4.69) is 15.8 Å². The van der Waals surface area contributed by atoms with Crippen molar-refractivity contribution >= 4 is 34.5 Å². The number of phenolic OH excluding ortho intramolecular Hbond substituents is 1. The maximum atomic E-state index is 11.9. The number of hydrazone groups is 1. The highest BCUT2D eigenvalue weighted by Gasteiger charge is 2.22. The van der Waals surface area contributed by atoms with Gasteiger partial charge in [-0.1, -0.05) is 42.1 Å². The summed E-state index contributed by atoms with van der Waals surface area (Å²) in [4.78, 5) is 13.6. The zero-order chi connectivity index (χ0) is 16.5. The van der Waals surface area contributed by atoms with Gasteiger partial charge in [0.2, 0.25) is 0 Å². The van der Waals surface area contributed by atoms with Gasteiger partial charge >= 0.3 is 0 Å². The molecular weight excluding hydrogens is 322 g/mol. The Bertz CT molecular complexity index is 931. The quantitative estimate of drug-likeness (QED) is 0.736. The molecule has 2 aliphatic heterocycles. The Labute approximate surface area is 142 Å². The Morgan fingerprint density at radius 1 is 1.04 bits per heavy atom. The topological polar surface area (TPSA) is 73.7 Å². The number of thioether (sulfide) groups is 1. The van der Waals surface area contributed by atoms with Crippen LogP contribution in [-0.4, -0.2) is 17.2 Å². The largest absolute Gasteiger partial charge is 0.507 e. The minimum atomic E-state index is -0.236. The van der Waals surface area contributed by atoms with Crippen molar-refractivity contribution in [1.82, 2.24) is 5.43 Å². The van der Waals surface area contributed by atoms with Gasteiger partial charge in [-0.3, -0.25) is 4.79 Å². The number of phenols is 1. The summed E-state index contributed by atoms with van der Waals surface area (Å²) in [6.07, 6.45) is 3.42. The third kappa shape index (κ3) is 2.57. The van der Waals surface area contributed by atoms with E-state index in [1.54, 1.807) is 12.1 Å². The summed E-state index contributed by atoms with van der Waals surface area (Å²) in [7, 11) is 0. The molecule has 2 aromatic rings. The zero-order valence-electron chi connectivity index (χ0n) is 12.5. The molecular formula is C18H13N3O2S. The molecule has 0 spiro atoms. The van der Waals surface area contributed by atoms with Crippen molar-refractivity contribution in [2.24, 2.45) is 5.10 Å². The number of nitrogens with one attached hydrogen (secondary N) is 2. The fourth-order valence-corrected chi connectivity index (χ4v) is 3.58. The molecule has 6 heteroatoms. The van der Waals surface area contributed by atoms with Crippen LogP contribution >= 0.6 is 11.8 Å². The number of carbonyl (C=O) groups is 1. The third-order valence-corrected chi connectivity index (χ3v) is 4.84. The predicted molar refractivity (Wildman–Crippen MR) is 95.7 cm³/mol. The number of benzene rings is 2. The Hall–Kier alpha value is -2.99. The second kappa shape index (κ2) is 5.90. The molecule has 2 aromatic carbocycles. The van der Waals surface area contributed by atoms with E-state index >= 15 is 0 Å². The maximum absolute atomic E-state index is 11.9. The van der Waals surface area contributed by atoms with Crippen molar-refractivity contribution in [3.63, 3.8) is 0 Å². The zero-order valence-corrected chi connectivity index (χ0v) is 13.3. The maximum Gasteiger partial charge on any atom is 0.275 e. The number of anilines is 1. The Morgan fingerprint density at radius 3 is 2.62 bits per heavy atom. The number of aromatic hydroxyl groups is 1. The number of fused-ring (bicyclic) bond motifs is 1. The molecule has 0 aromatic heterocycles. The molecule has 24 heavy (non-hydrogen) atoms. The number of rotatable bonds is 2. The monoisotopic (exact) mass is 335 g/mol. The van der Waals surface area contributed by atoms with Gasteiger partial charge in [0.05, 0.1) is 22.4 Å². The molecule has 4 rings (SSSR count). The number of allylic oxidation sites excluding steroid dienone is 1. The van der Waals surface area contributed by atoms with Crippen LogP contribution in [0.25, 0.3) is 4.91 Å². The molecule has 0 radical (unpaired) electrons. The minimum absolute atomic E-state index is 0.230. The van der Waals surface area contributed by atoms with Crippen LogP contribution in [0.3, 0.4) is 0 Å². The lowest BCUT2D eigenvalue weighted by Gasteiger charge is -2.22. The second-order valence-electron chi connectivity index (χ2n) is 5.28. The molecule has 0 bridgehead atoms. The van der Waals surface area contributed by atoms with Crippen molar-refractivity contribution in [1.29, 1.82) is 0 Å². The van der Waals surface area contributed by atoms with Crippen LogP contribution in [0.2, 0.25) is 0 Å². The van der Waals surface area contributed by atoms with Crippen LogP contribution in [0, 0.1) is 0 Å². The van der Waals surface area contributed by atoms with Gasteiger partial charge in [-0.05, 0) is 24.3 Å². The molecule has 3 N–H and O–H groups in total. The first-order valence-corrected chi connectivity index (χ1v) is 8.16. The molecule has 2 aliphatic rings. The van der Waals surface area contributed by atoms with Crippen LogP contribution in [0.1, 0.15) is 5.56 Å². The lowest BCUT2D eigenvalue weighted by molar-refractivity contribution is -0.116. The Balaban J connectivity index is 1.82. The smallest absolute Gasteiger partial charge is 0.275 e. The molecule has 5 nitrogen and oxygen atoms in total. The number of hydrogen-bond donors (Lipinski definition) is 3. The van der Waals surface area contributed by atoms with Gasteiger partial charge in [-0.15, -0.1) is 0 Å². The third-order valence-electron chi connectivity index (χ3n) is 3.72. The van der Waals surface area contributed by atoms with Crippen molar-refractivity contribution in [2.75, 3.05) is 5.32 Å². The van der Waals surface area contributed by atoms with E-state index in [9.17, 15) is 9.90 Å². The van der Waals surface area contributed by atoms with Crippen LogP contribution < -0.4 is 10.7 Å². The molecule has 1 amide bonds. The summed E-state index contributed by atoms with van der Waals surface area (Å²) in [6, 6.07) is 15.0. The van der Waals surface area contributed by atoms with Crippen LogP contribution in [0.4, 0.5) is 5.69 Å². The first-order chi connectivity index (χ1) is 11.7. The summed E-state index contributed by atoms with van der Waals surface area (Å²) in [6.45, 7) is 0. The molecule has 0 aliphatic carbocycles. The molecule has 0 unspecified atom stereocenters. The molecule has 2 heterocycles. The van der Waals surface area contributed by atoms with Crippen molar-refractivity contribution in [3.05, 3.63) is 71.4 Å². The fourth-order valence-electron chi connectivity index (χ4n) is 2.55. The number of hydrogen-bond acceptors (Lipinski definition) is 5. The lowest BCUT2D eigenvalue weighted by atomic mass is 10.1. The summed E-state index contributed by atoms with van der Waals surface area (Å²) < 4.78 is 0. The summed E-state index contributed by atoms with van der Waals surface area (Å²) in [5, 5.41) is 17.1. The van der Waals surface area contributed by atoms with Gasteiger partial charge in [0.25, 0.3) is 5.91 Å². The molecule has 118 valence electrons. The van der Waals surface area contributed by atoms with E-state index in [0.29, 0.717) is 11.3 Å². The van der Waals surface area contributed by atoms with E-state index in [4.69, 9.17) is 0 Å². The van der Waals surface area contributed by atoms with Crippen LogP contribution in [0.5, 0.6) is 5.75 Å². The molecule has 0 saturated carbocycles. The first-order valence-electron chi connectivity index (χ1n) is 7.34. The highest BCUT2D eigenvalue weighted by Crippen LogP contribution is 2.44. The van der Waals surface area contributed by atoms with Gasteiger partial charge < -0.3 is 10.4 Å². The van der Waals surface area contributed by atoms with Crippen molar-refractivity contribution < 1.29 is 9.90 Å². The number of para-hydroxylation sites is 2. The first kappa shape index (κ1) is 14.6. The number of nitrogens with zero attached hydrogens (tertiary/aromatic N) is 1. The fraction of sp³-hybridized carbons (Fsp3) is 0. The van der Waals surface area contributed by atoms with E-state index in [1.165, 1.54) is 18.0 Å². The highest BCUT2D eigenvalue weighted by molar-refractivity contribution is 8.08. The van der Waals surface area contributed by atoms with Gasteiger partial charge in [0, 0.05) is 16.2 Å². The lowest BCUT2D eigenvalue weighted by Crippen LogP contribution is -2.17. The summed E-state index contributed by atoms with van der Waals surface area (Å²) >= 11 is 1.46. The van der Waals surface area contributed by atoms with Gasteiger partial charge in [0.1, 0.15) is 5.75 Å². The highest BCUT2D eigenvalue weighted by atomic mass is 32.2. The van der Waals surface area contributed by atoms with Crippen molar-refractivity contribution in [3.8, 4) is 5.75 Å². The molecule has 0 fully saturated rings. The number of amides is 1. The minimum Gasteiger partial charge on any atom is -0.507 e. The number of carbonyl (C=O) groups excluding carboxylic acids is 1. The Kier molecular flexibility index (Phi) is 3.59. The average Bonchev–Trinajstić information content (AvgIpc) is 3.03. The van der Waals surface area contributed by atoms with Gasteiger partial charge in [-0.25, -0.2) is 5.43 Å². The van der Waals surface area contributed by atoms with E-state index < -0.39 is 0 Å². The van der Waals surface area contributed by atoms with E-state index in [-0.39, 0.29) is 11.7 Å². The molecule has 0 saturated heterocycles. The SMILES string of the molecule is O=C1NN=CC1=C1C=C(Sc2ccccc2O)c2ccccc2N1. The Morgan fingerprint density at radius 2 is 1.83 bits per heavy atom. The average molecular weight is 335 g/mol. The van der Waals surface area contributed by atoms with Gasteiger partial charge in [-0.2, -0.15) is 5.10 Å². The van der Waals surface area contributed by atoms with Crippen molar-refractivity contribution in [2.45, 2.75) is 4.90 Å². The van der Waals surface area contributed by atoms with Gasteiger partial charge in [0.15, 0.2) is 0 Å². The summed E-state index contributed by atoms with van der Waals surface area (Å²) in [5.41, 5.74) is 5.52. The molecule has 0 atom stereocenters.